The highest BCUT2D eigenvalue weighted by molar-refractivity contribution is 14.1. The van der Waals surface area contributed by atoms with E-state index in [4.69, 9.17) is 0 Å². The first-order valence-corrected chi connectivity index (χ1v) is 5.95. The van der Waals surface area contributed by atoms with Gasteiger partial charge in [-0.1, -0.05) is 12.1 Å². The summed E-state index contributed by atoms with van der Waals surface area (Å²) >= 11 is 2.03. The zero-order chi connectivity index (χ0) is 8.77. The molecule has 0 bridgehead atoms. The van der Waals surface area contributed by atoms with Gasteiger partial charge in [0, 0.05) is 8.98 Å². The average molecular weight is 292 g/mol. The molecule has 0 spiro atoms. The second kappa shape index (κ2) is 2.56. The molecule has 0 fully saturated rings. The fraction of sp³-hybridized carbons (Fsp3) is 0. The molecule has 2 rings (SSSR count). The van der Waals surface area contributed by atoms with E-state index in [1.807, 2.05) is 28.7 Å². The van der Waals surface area contributed by atoms with E-state index in [1.54, 1.807) is 18.2 Å². The number of hydrogen-bond acceptors (Lipinski definition) is 2. The van der Waals surface area contributed by atoms with Gasteiger partial charge in [-0.25, -0.2) is 8.42 Å². The fourth-order valence-corrected chi connectivity index (χ4v) is 3.89. The minimum Gasteiger partial charge on any atom is -0.219 e. The number of benzene rings is 1. The Morgan fingerprint density at radius 2 is 2.00 bits per heavy atom. The molecule has 0 N–H and O–H groups in total. The Bertz CT molecular complexity index is 460. The molecule has 0 aliphatic carbocycles. The van der Waals surface area contributed by atoms with Gasteiger partial charge < -0.3 is 0 Å². The van der Waals surface area contributed by atoms with Gasteiger partial charge in [-0.05, 0) is 40.3 Å². The topological polar surface area (TPSA) is 34.1 Å². The van der Waals surface area contributed by atoms with E-state index in [-0.39, 0.29) is 0 Å². The summed E-state index contributed by atoms with van der Waals surface area (Å²) in [6.07, 6.45) is 1.63. The van der Waals surface area contributed by atoms with E-state index < -0.39 is 9.84 Å². The van der Waals surface area contributed by atoms with Crippen LogP contribution in [0.1, 0.15) is 5.56 Å². The molecule has 4 heteroatoms. The number of hydrogen-bond donors (Lipinski definition) is 0. The lowest BCUT2D eigenvalue weighted by Gasteiger charge is -1.99. The molecule has 1 aromatic carbocycles. The molecule has 62 valence electrons. The number of rotatable bonds is 0. The van der Waals surface area contributed by atoms with Crippen molar-refractivity contribution < 1.29 is 8.42 Å². The van der Waals surface area contributed by atoms with E-state index in [9.17, 15) is 8.42 Å². The molecule has 1 aromatic rings. The second-order valence-corrected chi connectivity index (χ2v) is 5.44. The fourth-order valence-electron chi connectivity index (χ4n) is 1.19. The van der Waals surface area contributed by atoms with E-state index in [2.05, 4.69) is 0 Å². The molecule has 0 aromatic heterocycles. The maximum absolute atomic E-state index is 11.4. The molecule has 1 heterocycles. The smallest absolute Gasteiger partial charge is 0.201 e. The molecule has 0 amide bonds. The van der Waals surface area contributed by atoms with Crippen LogP contribution >= 0.6 is 22.6 Å². The average Bonchev–Trinajstić information content (AvgIpc) is 2.29. The van der Waals surface area contributed by atoms with Crippen molar-refractivity contribution in [3.05, 3.63) is 32.7 Å². The van der Waals surface area contributed by atoms with Crippen LogP contribution in [0, 0.1) is 3.57 Å². The van der Waals surface area contributed by atoms with Gasteiger partial charge in [0.05, 0.1) is 4.90 Å². The minimum atomic E-state index is -3.12. The molecule has 12 heavy (non-hydrogen) atoms. The predicted octanol–water partition coefficient (Wildman–Crippen LogP) is 2.05. The Kier molecular flexibility index (Phi) is 1.76. The van der Waals surface area contributed by atoms with Crippen LogP contribution in [0.2, 0.25) is 0 Å². The highest BCUT2D eigenvalue weighted by Crippen LogP contribution is 2.30. The van der Waals surface area contributed by atoms with Gasteiger partial charge >= 0.3 is 0 Å². The number of sulfone groups is 1. The molecule has 0 saturated heterocycles. The maximum Gasteiger partial charge on any atom is 0.201 e. The third-order valence-electron chi connectivity index (χ3n) is 1.71. The monoisotopic (exact) mass is 292 g/mol. The lowest BCUT2D eigenvalue weighted by molar-refractivity contribution is 0.605. The predicted molar refractivity (Wildman–Crippen MR) is 55.4 cm³/mol. The van der Waals surface area contributed by atoms with Gasteiger partial charge in [-0.2, -0.15) is 0 Å². The Balaban J connectivity index is 2.88. The summed E-state index contributed by atoms with van der Waals surface area (Å²) in [4.78, 5) is 0.450. The number of halogens is 1. The van der Waals surface area contributed by atoms with Crippen LogP contribution in [-0.2, 0) is 9.84 Å². The summed E-state index contributed by atoms with van der Waals surface area (Å²) in [7, 11) is -3.12. The Morgan fingerprint density at radius 1 is 1.25 bits per heavy atom. The normalized spacial score (nSPS) is 17.8. The summed E-state index contributed by atoms with van der Waals surface area (Å²) in [5.41, 5.74) is 0.793. The maximum atomic E-state index is 11.4. The highest BCUT2D eigenvalue weighted by atomic mass is 127. The summed E-state index contributed by atoms with van der Waals surface area (Å²) in [5.74, 6) is 0. The highest BCUT2D eigenvalue weighted by Gasteiger charge is 2.22. The van der Waals surface area contributed by atoms with Crippen molar-refractivity contribution in [2.24, 2.45) is 0 Å². The van der Waals surface area contributed by atoms with Gasteiger partial charge in [-0.3, -0.25) is 0 Å². The van der Waals surface area contributed by atoms with Crippen molar-refractivity contribution in [1.29, 1.82) is 0 Å². The molecule has 0 unspecified atom stereocenters. The summed E-state index contributed by atoms with van der Waals surface area (Å²) in [6.45, 7) is 0. The summed E-state index contributed by atoms with van der Waals surface area (Å²) < 4.78 is 23.6. The zero-order valence-electron chi connectivity index (χ0n) is 5.99. The SMILES string of the molecule is O=S1(=O)C=Cc2cccc(I)c21. The standard InChI is InChI=1S/C8H5IO2S/c9-7-3-1-2-6-4-5-12(10,11)8(6)7/h1-5H. The van der Waals surface area contributed by atoms with E-state index in [0.29, 0.717) is 4.90 Å². The molecule has 0 atom stereocenters. The van der Waals surface area contributed by atoms with E-state index in [0.717, 1.165) is 9.13 Å². The Labute approximate surface area is 84.4 Å². The van der Waals surface area contributed by atoms with E-state index in [1.165, 1.54) is 5.41 Å². The van der Waals surface area contributed by atoms with Crippen molar-refractivity contribution in [2.45, 2.75) is 4.90 Å². The van der Waals surface area contributed by atoms with Crippen molar-refractivity contribution >= 4 is 38.5 Å². The van der Waals surface area contributed by atoms with Crippen molar-refractivity contribution in [1.82, 2.24) is 0 Å². The lowest BCUT2D eigenvalue weighted by Crippen LogP contribution is -1.96. The minimum absolute atomic E-state index is 0.450. The lowest BCUT2D eigenvalue weighted by atomic mass is 10.2. The molecule has 0 radical (unpaired) electrons. The van der Waals surface area contributed by atoms with Crippen molar-refractivity contribution in [3.63, 3.8) is 0 Å². The molecular formula is C8H5IO2S. The van der Waals surface area contributed by atoms with Crippen LogP contribution in [0.5, 0.6) is 0 Å². The molecule has 0 saturated carbocycles. The first-order chi connectivity index (χ1) is 5.61. The largest absolute Gasteiger partial charge is 0.219 e. The van der Waals surface area contributed by atoms with Crippen LogP contribution in [-0.4, -0.2) is 8.42 Å². The zero-order valence-corrected chi connectivity index (χ0v) is 8.96. The summed E-state index contributed by atoms with van der Waals surface area (Å²) in [6, 6.07) is 5.45. The van der Waals surface area contributed by atoms with Crippen LogP contribution in [0.15, 0.2) is 28.5 Å². The second-order valence-electron chi connectivity index (χ2n) is 2.51. The number of fused-ring (bicyclic) bond motifs is 1. The van der Waals surface area contributed by atoms with Crippen LogP contribution < -0.4 is 0 Å². The molecule has 1 aliphatic rings. The Hall–Kier alpha value is -0.360. The van der Waals surface area contributed by atoms with Crippen LogP contribution in [0.25, 0.3) is 6.08 Å². The third kappa shape index (κ3) is 1.09. The van der Waals surface area contributed by atoms with Gasteiger partial charge in [0.15, 0.2) is 0 Å². The van der Waals surface area contributed by atoms with Crippen LogP contribution in [0.4, 0.5) is 0 Å². The molecular weight excluding hydrogens is 287 g/mol. The summed E-state index contributed by atoms with van der Waals surface area (Å²) in [5, 5.41) is 1.25. The van der Waals surface area contributed by atoms with Gasteiger partial charge in [0.2, 0.25) is 9.84 Å². The third-order valence-corrected chi connectivity index (χ3v) is 4.49. The van der Waals surface area contributed by atoms with Crippen LogP contribution in [0.3, 0.4) is 0 Å². The first kappa shape index (κ1) is 8.25. The Morgan fingerprint density at radius 3 is 2.67 bits per heavy atom. The van der Waals surface area contributed by atoms with Gasteiger partial charge in [-0.15, -0.1) is 0 Å². The first-order valence-electron chi connectivity index (χ1n) is 3.33. The molecule has 1 aliphatic heterocycles. The van der Waals surface area contributed by atoms with Gasteiger partial charge in [0.25, 0.3) is 0 Å². The molecule has 2 nitrogen and oxygen atoms in total. The quantitative estimate of drug-likeness (QED) is 0.686. The van der Waals surface area contributed by atoms with E-state index >= 15 is 0 Å². The van der Waals surface area contributed by atoms with Crippen molar-refractivity contribution in [3.8, 4) is 0 Å². The van der Waals surface area contributed by atoms with Gasteiger partial charge in [0.1, 0.15) is 0 Å². The van der Waals surface area contributed by atoms with Crippen molar-refractivity contribution in [2.75, 3.05) is 0 Å².